The molecular formula is C11H21N5S. The van der Waals surface area contributed by atoms with Crippen LogP contribution in [0.5, 0.6) is 0 Å². The van der Waals surface area contributed by atoms with E-state index in [-0.39, 0.29) is 0 Å². The first-order valence-corrected chi connectivity index (χ1v) is 7.26. The van der Waals surface area contributed by atoms with Crippen LogP contribution in [0.4, 0.5) is 0 Å². The third kappa shape index (κ3) is 3.67. The molecule has 1 saturated carbocycles. The summed E-state index contributed by atoms with van der Waals surface area (Å²) in [5.41, 5.74) is 0. The lowest BCUT2D eigenvalue weighted by molar-refractivity contribution is 0.534. The number of thioether (sulfide) groups is 1. The second-order valence-corrected chi connectivity index (χ2v) is 6.19. The van der Waals surface area contributed by atoms with Gasteiger partial charge in [-0.3, -0.25) is 0 Å². The highest BCUT2D eigenvalue weighted by Gasteiger charge is 2.28. The molecule has 0 spiro atoms. The highest BCUT2D eigenvalue weighted by atomic mass is 32.2. The molecule has 2 atom stereocenters. The standard InChI is InChI=1S/C11H21N5S/c1-4-8(2)12-7-9(3)17-11-13-14-15-16(11)10-5-6-10/h8-10,12H,4-7H2,1-3H3. The molecular weight excluding hydrogens is 234 g/mol. The molecule has 0 saturated heterocycles. The van der Waals surface area contributed by atoms with Gasteiger partial charge in [-0.2, -0.15) is 0 Å². The molecule has 5 nitrogen and oxygen atoms in total. The predicted octanol–water partition coefficient (Wildman–Crippen LogP) is 1.88. The van der Waals surface area contributed by atoms with Crippen molar-refractivity contribution in [2.75, 3.05) is 6.54 Å². The van der Waals surface area contributed by atoms with Gasteiger partial charge in [0, 0.05) is 17.8 Å². The average molecular weight is 255 g/mol. The van der Waals surface area contributed by atoms with Crippen LogP contribution in [-0.4, -0.2) is 38.0 Å². The van der Waals surface area contributed by atoms with E-state index < -0.39 is 0 Å². The SMILES string of the molecule is CCC(C)NCC(C)Sc1nnnn1C1CC1. The summed E-state index contributed by atoms with van der Waals surface area (Å²) >= 11 is 1.76. The second-order valence-electron chi connectivity index (χ2n) is 4.78. The second kappa shape index (κ2) is 5.82. The van der Waals surface area contributed by atoms with Gasteiger partial charge in [-0.05, 0) is 36.6 Å². The van der Waals surface area contributed by atoms with Crippen LogP contribution in [0, 0.1) is 0 Å². The molecule has 1 aliphatic rings. The van der Waals surface area contributed by atoms with E-state index in [2.05, 4.69) is 41.6 Å². The molecule has 0 aromatic carbocycles. The van der Waals surface area contributed by atoms with Crippen LogP contribution in [0.3, 0.4) is 0 Å². The van der Waals surface area contributed by atoms with Gasteiger partial charge in [0.25, 0.3) is 0 Å². The first-order chi connectivity index (χ1) is 8.20. The summed E-state index contributed by atoms with van der Waals surface area (Å²) in [6.45, 7) is 7.62. The molecule has 1 fully saturated rings. The zero-order valence-electron chi connectivity index (χ0n) is 10.8. The average Bonchev–Trinajstić information content (AvgIpc) is 3.07. The summed E-state index contributed by atoms with van der Waals surface area (Å²) in [6.07, 6.45) is 3.60. The van der Waals surface area contributed by atoms with E-state index in [1.807, 2.05) is 4.68 Å². The molecule has 0 radical (unpaired) electrons. The molecule has 0 amide bonds. The molecule has 1 aromatic rings. The number of hydrogen-bond acceptors (Lipinski definition) is 5. The minimum absolute atomic E-state index is 0.493. The van der Waals surface area contributed by atoms with Crippen LogP contribution in [-0.2, 0) is 0 Å². The van der Waals surface area contributed by atoms with E-state index in [9.17, 15) is 0 Å². The van der Waals surface area contributed by atoms with Crippen LogP contribution in [0.2, 0.25) is 0 Å². The highest BCUT2D eigenvalue weighted by Crippen LogP contribution is 2.36. The number of nitrogens with one attached hydrogen (secondary N) is 1. The Morgan fingerprint density at radius 1 is 1.47 bits per heavy atom. The smallest absolute Gasteiger partial charge is 0.209 e. The van der Waals surface area contributed by atoms with Crippen molar-refractivity contribution in [1.82, 2.24) is 25.5 Å². The van der Waals surface area contributed by atoms with E-state index >= 15 is 0 Å². The lowest BCUT2D eigenvalue weighted by Gasteiger charge is -2.15. The van der Waals surface area contributed by atoms with Crippen molar-refractivity contribution in [2.24, 2.45) is 0 Å². The Balaban J connectivity index is 1.80. The number of aromatic nitrogens is 4. The summed E-state index contributed by atoms with van der Waals surface area (Å²) in [5.74, 6) is 0. The Kier molecular flexibility index (Phi) is 4.39. The highest BCUT2D eigenvalue weighted by molar-refractivity contribution is 7.99. The fourth-order valence-corrected chi connectivity index (χ4v) is 2.46. The van der Waals surface area contributed by atoms with E-state index in [0.29, 0.717) is 17.3 Å². The topological polar surface area (TPSA) is 55.6 Å². The summed E-state index contributed by atoms with van der Waals surface area (Å²) in [4.78, 5) is 0. The molecule has 0 bridgehead atoms. The molecule has 1 aromatic heterocycles. The van der Waals surface area contributed by atoms with Crippen molar-refractivity contribution in [2.45, 2.75) is 62.5 Å². The largest absolute Gasteiger partial charge is 0.313 e. The van der Waals surface area contributed by atoms with Gasteiger partial charge in [0.15, 0.2) is 0 Å². The molecule has 6 heteroatoms. The first kappa shape index (κ1) is 12.8. The van der Waals surface area contributed by atoms with Crippen molar-refractivity contribution >= 4 is 11.8 Å². The number of hydrogen-bond donors (Lipinski definition) is 1. The number of nitrogens with zero attached hydrogens (tertiary/aromatic N) is 4. The fraction of sp³-hybridized carbons (Fsp3) is 0.909. The van der Waals surface area contributed by atoms with Crippen LogP contribution < -0.4 is 5.32 Å². The van der Waals surface area contributed by atoms with Gasteiger partial charge >= 0.3 is 0 Å². The minimum atomic E-state index is 0.493. The molecule has 2 unspecified atom stereocenters. The zero-order chi connectivity index (χ0) is 12.3. The molecule has 1 heterocycles. The van der Waals surface area contributed by atoms with Crippen molar-refractivity contribution in [3.63, 3.8) is 0 Å². The Labute approximate surface area is 107 Å². The molecule has 17 heavy (non-hydrogen) atoms. The summed E-state index contributed by atoms with van der Waals surface area (Å²) in [7, 11) is 0. The van der Waals surface area contributed by atoms with Crippen LogP contribution in [0.1, 0.15) is 46.1 Å². The van der Waals surface area contributed by atoms with Gasteiger partial charge in [-0.15, -0.1) is 5.10 Å². The number of tetrazole rings is 1. The van der Waals surface area contributed by atoms with Gasteiger partial charge in [0.2, 0.25) is 5.16 Å². The molecule has 1 aliphatic carbocycles. The summed E-state index contributed by atoms with van der Waals surface area (Å²) in [5, 5.41) is 16.9. The Morgan fingerprint density at radius 3 is 2.88 bits per heavy atom. The molecule has 2 rings (SSSR count). The van der Waals surface area contributed by atoms with Crippen molar-refractivity contribution in [3.8, 4) is 0 Å². The van der Waals surface area contributed by atoms with Gasteiger partial charge in [0.1, 0.15) is 0 Å². The van der Waals surface area contributed by atoms with E-state index in [0.717, 1.165) is 18.1 Å². The zero-order valence-corrected chi connectivity index (χ0v) is 11.6. The lowest BCUT2D eigenvalue weighted by Crippen LogP contribution is -2.30. The minimum Gasteiger partial charge on any atom is -0.313 e. The van der Waals surface area contributed by atoms with E-state index in [1.54, 1.807) is 11.8 Å². The van der Waals surface area contributed by atoms with Crippen LogP contribution in [0.25, 0.3) is 0 Å². The van der Waals surface area contributed by atoms with Crippen LogP contribution >= 0.6 is 11.8 Å². The Hall–Kier alpha value is -0.620. The predicted molar refractivity (Wildman–Crippen MR) is 69.2 cm³/mol. The normalized spacial score (nSPS) is 19.2. The van der Waals surface area contributed by atoms with Crippen LogP contribution in [0.15, 0.2) is 5.16 Å². The first-order valence-electron chi connectivity index (χ1n) is 6.38. The molecule has 1 N–H and O–H groups in total. The maximum absolute atomic E-state index is 4.10. The lowest BCUT2D eigenvalue weighted by atomic mass is 10.2. The fourth-order valence-electron chi connectivity index (χ4n) is 1.54. The molecule has 0 aliphatic heterocycles. The van der Waals surface area contributed by atoms with Gasteiger partial charge in [-0.1, -0.05) is 25.6 Å². The summed E-state index contributed by atoms with van der Waals surface area (Å²) in [6, 6.07) is 1.14. The van der Waals surface area contributed by atoms with Gasteiger partial charge < -0.3 is 5.32 Å². The van der Waals surface area contributed by atoms with E-state index in [1.165, 1.54) is 12.8 Å². The van der Waals surface area contributed by atoms with Crippen molar-refractivity contribution in [3.05, 3.63) is 0 Å². The van der Waals surface area contributed by atoms with E-state index in [4.69, 9.17) is 0 Å². The Bertz CT molecular complexity index is 349. The monoisotopic (exact) mass is 255 g/mol. The van der Waals surface area contributed by atoms with Crippen molar-refractivity contribution < 1.29 is 0 Å². The quantitative estimate of drug-likeness (QED) is 0.754. The number of rotatable bonds is 7. The Morgan fingerprint density at radius 2 is 2.24 bits per heavy atom. The third-order valence-corrected chi connectivity index (χ3v) is 4.08. The maximum atomic E-state index is 4.10. The van der Waals surface area contributed by atoms with Gasteiger partial charge in [0.05, 0.1) is 6.04 Å². The maximum Gasteiger partial charge on any atom is 0.209 e. The van der Waals surface area contributed by atoms with Crippen molar-refractivity contribution in [1.29, 1.82) is 0 Å². The summed E-state index contributed by atoms with van der Waals surface area (Å²) < 4.78 is 1.98. The third-order valence-electron chi connectivity index (χ3n) is 3.03. The molecule has 96 valence electrons. The van der Waals surface area contributed by atoms with Gasteiger partial charge in [-0.25, -0.2) is 4.68 Å².